The summed E-state index contributed by atoms with van der Waals surface area (Å²) in [6.07, 6.45) is -13.3. The quantitative estimate of drug-likeness (QED) is 0.150. The predicted octanol–water partition coefficient (Wildman–Crippen LogP) is 9.69. The number of Topliss-reactive ketones (excluding diaryl/α,β-unsaturated/α-hetero) is 1. The third kappa shape index (κ3) is 9.75. The highest BCUT2D eigenvalue weighted by Crippen LogP contribution is 2.40. The molecule has 0 aromatic heterocycles. The fourth-order valence-corrected chi connectivity index (χ4v) is 4.78. The number of rotatable bonds is 10. The van der Waals surface area contributed by atoms with E-state index in [1.165, 1.54) is 6.92 Å². The van der Waals surface area contributed by atoms with Crippen molar-refractivity contribution in [3.63, 3.8) is 0 Å². The molecule has 0 aliphatic heterocycles. The average Bonchev–Trinajstić information content (AvgIpc) is 2.78. The summed E-state index contributed by atoms with van der Waals surface area (Å²) in [5.41, 5.74) is -3.24. The second kappa shape index (κ2) is 13.0. The summed E-state index contributed by atoms with van der Waals surface area (Å²) in [4.78, 5) is 23.7. The van der Waals surface area contributed by atoms with E-state index in [-0.39, 0.29) is 33.2 Å². The van der Waals surface area contributed by atoms with Gasteiger partial charge in [0, 0.05) is 17.5 Å². The molecule has 0 heterocycles. The van der Waals surface area contributed by atoms with Crippen molar-refractivity contribution in [3.8, 4) is 0 Å². The van der Waals surface area contributed by atoms with E-state index in [9.17, 15) is 49.1 Å². The van der Waals surface area contributed by atoms with Gasteiger partial charge in [0.25, 0.3) is 0 Å². The van der Waals surface area contributed by atoms with Gasteiger partial charge in [-0.25, -0.2) is 0 Å². The molecular weight excluding hydrogens is 606 g/mol. The highest BCUT2D eigenvalue weighted by Gasteiger charge is 2.40. The Hall–Kier alpha value is -2.18. The van der Waals surface area contributed by atoms with E-state index in [0.29, 0.717) is 23.9 Å². The van der Waals surface area contributed by atoms with Crippen molar-refractivity contribution in [3.05, 3.63) is 74.3 Å². The molecule has 39 heavy (non-hydrogen) atoms. The number of allylic oxidation sites excluding steroid dienone is 1. The minimum Gasteiger partial charge on any atom is -0.298 e. The zero-order chi connectivity index (χ0) is 29.8. The Morgan fingerprint density at radius 1 is 1.00 bits per heavy atom. The van der Waals surface area contributed by atoms with Crippen molar-refractivity contribution in [2.24, 2.45) is 5.92 Å². The summed E-state index contributed by atoms with van der Waals surface area (Å²) in [5, 5.41) is -0.587. The highest BCUT2D eigenvalue weighted by atomic mass is 35.5. The SMILES string of the molecule is C[C@H](CSCC(F)(F)F)CC(=O)c1ccc(/C=C/C(c2cc(Cl)c(Cl)c(C=O)c2)C(F)(F)F)cc1C(F)(F)F. The van der Waals surface area contributed by atoms with Gasteiger partial charge in [-0.05, 0) is 41.0 Å². The number of alkyl halides is 9. The van der Waals surface area contributed by atoms with Crippen LogP contribution < -0.4 is 0 Å². The van der Waals surface area contributed by atoms with Gasteiger partial charge in [0.05, 0.1) is 27.3 Å². The number of halogens is 11. The molecule has 0 amide bonds. The van der Waals surface area contributed by atoms with Crippen molar-refractivity contribution in [1.82, 2.24) is 0 Å². The maximum absolute atomic E-state index is 13.8. The first kappa shape index (κ1) is 33.0. The lowest BCUT2D eigenvalue weighted by atomic mass is 9.93. The van der Waals surface area contributed by atoms with Crippen molar-refractivity contribution in [1.29, 1.82) is 0 Å². The van der Waals surface area contributed by atoms with E-state index in [0.717, 1.165) is 30.3 Å². The summed E-state index contributed by atoms with van der Waals surface area (Å²) >= 11 is 12.1. The third-order valence-corrected chi connectivity index (χ3v) is 7.40. The maximum atomic E-state index is 13.8. The van der Waals surface area contributed by atoms with E-state index in [1.807, 2.05) is 0 Å². The summed E-state index contributed by atoms with van der Waals surface area (Å²) < 4.78 is 119. The van der Waals surface area contributed by atoms with Crippen molar-refractivity contribution in [2.75, 3.05) is 11.5 Å². The topological polar surface area (TPSA) is 34.1 Å². The first-order valence-corrected chi connectivity index (χ1v) is 12.8. The van der Waals surface area contributed by atoms with Crippen molar-refractivity contribution in [2.45, 2.75) is 37.8 Å². The normalized spacial score (nSPS) is 14.5. The van der Waals surface area contributed by atoms with E-state index >= 15 is 0 Å². The van der Waals surface area contributed by atoms with Gasteiger partial charge < -0.3 is 0 Å². The van der Waals surface area contributed by atoms with Gasteiger partial charge in [-0.15, -0.1) is 0 Å². The van der Waals surface area contributed by atoms with Crippen LogP contribution in [0.2, 0.25) is 10.0 Å². The first-order valence-electron chi connectivity index (χ1n) is 10.9. The number of carbonyl (C=O) groups is 2. The predicted molar refractivity (Wildman–Crippen MR) is 133 cm³/mol. The van der Waals surface area contributed by atoms with Crippen LogP contribution in [0, 0.1) is 5.92 Å². The van der Waals surface area contributed by atoms with Gasteiger partial charge in [-0.1, -0.05) is 54.4 Å². The van der Waals surface area contributed by atoms with Crippen LogP contribution in [0.4, 0.5) is 39.5 Å². The molecule has 2 atom stereocenters. The molecule has 0 radical (unpaired) electrons. The lowest BCUT2D eigenvalue weighted by Gasteiger charge is -2.19. The first-order chi connectivity index (χ1) is 17.8. The van der Waals surface area contributed by atoms with Gasteiger partial charge in [0.15, 0.2) is 12.1 Å². The smallest absolute Gasteiger partial charge is 0.298 e. The molecule has 2 nitrogen and oxygen atoms in total. The summed E-state index contributed by atoms with van der Waals surface area (Å²) in [7, 11) is 0. The van der Waals surface area contributed by atoms with Crippen LogP contribution >= 0.6 is 35.0 Å². The number of aldehydes is 1. The van der Waals surface area contributed by atoms with E-state index < -0.39 is 65.0 Å². The molecular formula is C25H19Cl2F9O2S. The second-order valence-electron chi connectivity index (χ2n) is 8.57. The van der Waals surface area contributed by atoms with Crippen LogP contribution in [-0.4, -0.2) is 35.9 Å². The summed E-state index contributed by atoms with van der Waals surface area (Å²) in [5.74, 6) is -5.29. The van der Waals surface area contributed by atoms with E-state index in [4.69, 9.17) is 23.2 Å². The molecule has 2 aromatic carbocycles. The van der Waals surface area contributed by atoms with Crippen LogP contribution in [0.15, 0.2) is 36.4 Å². The molecule has 0 spiro atoms. The molecule has 0 aliphatic rings. The van der Waals surface area contributed by atoms with Gasteiger partial charge in [-0.3, -0.25) is 9.59 Å². The fourth-order valence-electron chi connectivity index (χ4n) is 3.52. The summed E-state index contributed by atoms with van der Waals surface area (Å²) in [6.45, 7) is 1.42. The number of benzene rings is 2. The molecule has 0 N–H and O–H groups in total. The highest BCUT2D eigenvalue weighted by molar-refractivity contribution is 7.99. The number of hydrogen-bond acceptors (Lipinski definition) is 3. The average molecular weight is 625 g/mol. The molecule has 0 fully saturated rings. The Morgan fingerprint density at radius 2 is 1.64 bits per heavy atom. The van der Waals surface area contributed by atoms with Crippen LogP contribution in [0.1, 0.15) is 56.7 Å². The Labute approximate surface area is 231 Å². The lowest BCUT2D eigenvalue weighted by molar-refractivity contribution is -0.139. The van der Waals surface area contributed by atoms with Gasteiger partial charge in [0.1, 0.15) is 0 Å². The molecule has 0 aliphatic carbocycles. The summed E-state index contributed by atoms with van der Waals surface area (Å²) in [6, 6.07) is 4.08. The maximum Gasteiger partial charge on any atom is 0.417 e. The Kier molecular flexibility index (Phi) is 11.0. The van der Waals surface area contributed by atoms with E-state index in [1.54, 1.807) is 0 Å². The largest absolute Gasteiger partial charge is 0.417 e. The molecule has 0 bridgehead atoms. The standard InChI is InChI=1S/C25H19Cl2F9O2S/c1-13(11-39-12-23(28,29)30)6-21(38)17-4-2-14(7-19(17)25(34,35)36)3-5-18(24(31,32)33)15-8-16(10-37)22(27)20(26)9-15/h2-5,7-10,13,18H,6,11-12H2,1H3/b5-3+/t13-,18?/m0/s1. The zero-order valence-electron chi connectivity index (χ0n) is 19.8. The lowest BCUT2D eigenvalue weighted by Crippen LogP contribution is -2.19. The number of thioether (sulfide) groups is 1. The molecule has 1 unspecified atom stereocenters. The van der Waals surface area contributed by atoms with E-state index in [2.05, 4.69) is 0 Å². The zero-order valence-corrected chi connectivity index (χ0v) is 22.1. The fraction of sp³-hybridized carbons (Fsp3) is 0.360. The molecule has 2 aromatic rings. The van der Waals surface area contributed by atoms with Gasteiger partial charge >= 0.3 is 18.5 Å². The Balaban J connectivity index is 2.36. The monoisotopic (exact) mass is 624 g/mol. The molecule has 14 heteroatoms. The van der Waals surface area contributed by atoms with Crippen LogP contribution in [-0.2, 0) is 6.18 Å². The molecule has 214 valence electrons. The minimum atomic E-state index is -5.05. The van der Waals surface area contributed by atoms with Crippen molar-refractivity contribution >= 4 is 53.1 Å². The number of carbonyl (C=O) groups excluding carboxylic acids is 2. The number of ketones is 1. The Morgan fingerprint density at radius 3 is 2.18 bits per heavy atom. The second-order valence-corrected chi connectivity index (χ2v) is 10.4. The number of hydrogen-bond donors (Lipinski definition) is 0. The van der Waals surface area contributed by atoms with Crippen molar-refractivity contribution < 1.29 is 49.1 Å². The van der Waals surface area contributed by atoms with Crippen LogP contribution in [0.3, 0.4) is 0 Å². The molecule has 2 rings (SSSR count). The minimum absolute atomic E-state index is 0.118. The molecule has 0 saturated carbocycles. The van der Waals surface area contributed by atoms with Crippen LogP contribution in [0.5, 0.6) is 0 Å². The molecule has 0 saturated heterocycles. The van der Waals surface area contributed by atoms with Crippen LogP contribution in [0.25, 0.3) is 6.08 Å². The third-order valence-electron chi connectivity index (χ3n) is 5.25. The van der Waals surface area contributed by atoms with Gasteiger partial charge in [0.2, 0.25) is 0 Å². The van der Waals surface area contributed by atoms with Gasteiger partial charge in [-0.2, -0.15) is 51.3 Å². The Bertz CT molecular complexity index is 1220.